The number of aromatic nitrogens is 3. The van der Waals surface area contributed by atoms with Crippen LogP contribution in [0.3, 0.4) is 0 Å². The molecule has 7 aromatic carbocycles. The van der Waals surface area contributed by atoms with Gasteiger partial charge in [0, 0.05) is 28.6 Å². The number of fused-ring (bicyclic) bond motifs is 1. The fraction of sp³-hybridized carbons (Fsp3) is 0.226. The number of nitrogens with zero attached hydrogens (tertiary/aromatic N) is 3. The van der Waals surface area contributed by atoms with Gasteiger partial charge < -0.3 is 5.11 Å². The van der Waals surface area contributed by atoms with E-state index in [2.05, 4.69) is 107 Å². The largest absolute Gasteiger partial charge is 0.507 e. The van der Waals surface area contributed by atoms with Crippen molar-refractivity contribution in [2.75, 3.05) is 0 Å². The van der Waals surface area contributed by atoms with E-state index in [1.807, 2.05) is 99.6 Å². The fourth-order valence-corrected chi connectivity index (χ4v) is 8.58. The molecule has 0 bridgehead atoms. The lowest BCUT2D eigenvalue weighted by atomic mass is 9.79. The number of pyridine rings is 1. The summed E-state index contributed by atoms with van der Waals surface area (Å²) < 4.78 is 66.2. The zero-order valence-electron chi connectivity index (χ0n) is 46.8. The number of para-hydroxylation sites is 1. The van der Waals surface area contributed by atoms with E-state index in [1.165, 1.54) is 0 Å². The van der Waals surface area contributed by atoms with Crippen molar-refractivity contribution in [1.29, 1.82) is 0 Å². The van der Waals surface area contributed by atoms with Crippen LogP contribution < -0.4 is 0 Å². The summed E-state index contributed by atoms with van der Waals surface area (Å²) in [6.45, 7) is 22.5. The summed E-state index contributed by atoms with van der Waals surface area (Å²) in [4.78, 5) is 10.1. The summed E-state index contributed by atoms with van der Waals surface area (Å²) in [5.74, 6) is 0.711. The van der Waals surface area contributed by atoms with Crippen LogP contribution in [0.4, 0.5) is 0 Å². The molecule has 2 heterocycles. The molecule has 9 rings (SSSR count). The second kappa shape index (κ2) is 16.7. The molecule has 0 fully saturated rings. The molecule has 0 spiro atoms. The normalized spacial score (nSPS) is 13.7. The van der Waals surface area contributed by atoms with Gasteiger partial charge in [-0.1, -0.05) is 165 Å². The van der Waals surface area contributed by atoms with E-state index in [-0.39, 0.29) is 63.8 Å². The van der Waals surface area contributed by atoms with E-state index in [0.29, 0.717) is 28.0 Å². The van der Waals surface area contributed by atoms with E-state index in [9.17, 15) is 6.48 Å². The zero-order valence-corrected chi connectivity index (χ0v) is 39.8. The topological polar surface area (TPSA) is 50.9 Å². The summed E-state index contributed by atoms with van der Waals surface area (Å²) in [5, 5.41) is 12.5. The molecule has 0 aliphatic heterocycles. The number of imidazole rings is 1. The second-order valence-corrected chi connectivity index (χ2v) is 20.5. The molecule has 9 aromatic rings. The van der Waals surface area contributed by atoms with Crippen LogP contribution >= 0.6 is 0 Å². The second-order valence-electron chi connectivity index (χ2n) is 20.5. The van der Waals surface area contributed by atoms with Gasteiger partial charge in [-0.25, -0.2) is 4.98 Å². The van der Waals surface area contributed by atoms with Gasteiger partial charge in [-0.3, -0.25) is 9.55 Å². The van der Waals surface area contributed by atoms with Crippen LogP contribution in [-0.4, -0.2) is 19.6 Å². The summed E-state index contributed by atoms with van der Waals surface area (Å²) >= 11 is 0. The Morgan fingerprint density at radius 1 is 0.515 bits per heavy atom. The first-order chi connectivity index (χ1) is 34.3. The summed E-state index contributed by atoms with van der Waals surface area (Å²) in [5.41, 5.74) is 11.2. The van der Waals surface area contributed by atoms with Gasteiger partial charge in [-0.2, -0.15) is 0 Å². The Morgan fingerprint density at radius 3 is 1.80 bits per heavy atom. The molecule has 0 saturated heterocycles. The van der Waals surface area contributed by atoms with E-state index in [0.717, 1.165) is 61.3 Å². The molecule has 4 heteroatoms. The average Bonchev–Trinajstić information content (AvgIpc) is 3.73. The Bertz CT molecular complexity index is 3640. The molecule has 0 radical (unpaired) electrons. The van der Waals surface area contributed by atoms with Crippen molar-refractivity contribution in [2.45, 2.75) is 92.4 Å². The quantitative estimate of drug-likeness (QED) is 0.174. The monoisotopic (exact) mass is 871 g/mol. The highest BCUT2D eigenvalue weighted by Crippen LogP contribution is 2.45. The highest BCUT2D eigenvalue weighted by Gasteiger charge is 2.29. The van der Waals surface area contributed by atoms with Gasteiger partial charge in [0.05, 0.1) is 31.9 Å². The van der Waals surface area contributed by atoms with Crippen molar-refractivity contribution in [3.63, 3.8) is 0 Å². The number of rotatable bonds is 7. The van der Waals surface area contributed by atoms with Gasteiger partial charge in [-0.05, 0) is 146 Å². The fourth-order valence-electron chi connectivity index (χ4n) is 8.58. The van der Waals surface area contributed by atoms with Gasteiger partial charge in [0.2, 0.25) is 0 Å². The van der Waals surface area contributed by atoms with Crippen molar-refractivity contribution in [3.05, 3.63) is 192 Å². The number of phenols is 1. The van der Waals surface area contributed by atoms with Crippen LogP contribution in [0.5, 0.6) is 5.75 Å². The first kappa shape index (κ1) is 36.2. The lowest BCUT2D eigenvalue weighted by molar-refractivity contribution is 0.446. The molecule has 0 saturated carbocycles. The van der Waals surface area contributed by atoms with Crippen molar-refractivity contribution in [1.82, 2.24) is 14.5 Å². The maximum atomic E-state index is 12.5. The summed E-state index contributed by atoms with van der Waals surface area (Å²) in [6.07, 6.45) is -0.468. The molecule has 2 aromatic heterocycles. The summed E-state index contributed by atoms with van der Waals surface area (Å²) in [7, 11) is 0. The minimum atomic E-state index is -0.722. The molecule has 330 valence electrons. The standard InChI is InChI=1S/C62H61N3O/c1-39-31-50(38-52(40(39)2)43-21-16-13-17-22-43)65-56-24-18-23-51(57(56)64-59(65)53-36-49(61(6,7)8)37-54(58(53)66)62(9,10)11)46-32-45(41-19-14-12-15-20-41)33-47(34-46)55-35-44(29-30-63-55)42-25-27-48(28-26-42)60(3,4)5/h12-38,66H,1-11H3/i25D,26D,27D,28D,29D,30D,35D. The SMILES string of the molecule is [2H]c1nc(-c2cc(-c3ccccc3)cc(-c3cccc4c3nc(-c3cc(C(C)(C)C)cc(C(C)(C)C)c3O)n4-c3cc(C)c(C)c(-c4ccccc4)c3)c2)c([2H])c(-c2c([2H])c([2H])c(C(C)(C)C)c([2H])c2[2H])c1[2H]. The number of hydrogen-bond acceptors (Lipinski definition) is 3. The lowest BCUT2D eigenvalue weighted by Crippen LogP contribution is -2.17. The predicted molar refractivity (Wildman–Crippen MR) is 279 cm³/mol. The highest BCUT2D eigenvalue weighted by molar-refractivity contribution is 5.98. The predicted octanol–water partition coefficient (Wildman–Crippen LogP) is 16.6. The zero-order chi connectivity index (χ0) is 52.8. The number of benzene rings is 7. The van der Waals surface area contributed by atoms with E-state index in [1.54, 1.807) is 0 Å². The van der Waals surface area contributed by atoms with Gasteiger partial charge >= 0.3 is 0 Å². The smallest absolute Gasteiger partial charge is 0.149 e. The van der Waals surface area contributed by atoms with Gasteiger partial charge in [0.15, 0.2) is 0 Å². The molecule has 0 aliphatic rings. The van der Waals surface area contributed by atoms with Crippen molar-refractivity contribution in [2.24, 2.45) is 0 Å². The van der Waals surface area contributed by atoms with Crippen molar-refractivity contribution in [3.8, 4) is 78.6 Å². The average molecular weight is 871 g/mol. The Labute approximate surface area is 401 Å². The third kappa shape index (κ3) is 8.49. The minimum absolute atomic E-state index is 0.0485. The van der Waals surface area contributed by atoms with Crippen molar-refractivity contribution >= 4 is 11.0 Å². The first-order valence-corrected chi connectivity index (χ1v) is 22.6. The van der Waals surface area contributed by atoms with Crippen LogP contribution in [-0.2, 0) is 16.2 Å². The Hall–Kier alpha value is -7.04. The number of hydrogen-bond donors (Lipinski definition) is 1. The van der Waals surface area contributed by atoms with Crippen LogP contribution in [0.15, 0.2) is 164 Å². The van der Waals surface area contributed by atoms with Gasteiger partial charge in [-0.15, -0.1) is 0 Å². The first-order valence-electron chi connectivity index (χ1n) is 26.1. The molecular weight excluding hydrogens is 803 g/mol. The van der Waals surface area contributed by atoms with Gasteiger partial charge in [0.1, 0.15) is 11.6 Å². The molecule has 4 nitrogen and oxygen atoms in total. The third-order valence-electron chi connectivity index (χ3n) is 12.5. The Balaban J connectivity index is 1.37. The molecule has 0 amide bonds. The third-order valence-corrected chi connectivity index (χ3v) is 12.5. The van der Waals surface area contributed by atoms with Crippen LogP contribution in [0.25, 0.3) is 83.9 Å². The van der Waals surface area contributed by atoms with E-state index < -0.39 is 23.0 Å². The minimum Gasteiger partial charge on any atom is -0.507 e. The van der Waals surface area contributed by atoms with Gasteiger partial charge in [0.25, 0.3) is 0 Å². The molecule has 66 heavy (non-hydrogen) atoms. The molecular formula is C62H61N3O. The van der Waals surface area contributed by atoms with Crippen LogP contribution in [0.2, 0.25) is 0 Å². The Kier molecular flexibility index (Phi) is 9.19. The number of aromatic hydroxyl groups is 1. The van der Waals surface area contributed by atoms with Crippen LogP contribution in [0, 0.1) is 13.8 Å². The lowest BCUT2D eigenvalue weighted by Gasteiger charge is -2.27. The van der Waals surface area contributed by atoms with E-state index >= 15 is 0 Å². The highest BCUT2D eigenvalue weighted by atomic mass is 16.3. The maximum absolute atomic E-state index is 12.5. The Morgan fingerprint density at radius 2 is 1.15 bits per heavy atom. The van der Waals surface area contributed by atoms with Crippen LogP contribution in [0.1, 0.15) is 99.7 Å². The van der Waals surface area contributed by atoms with E-state index in [4.69, 9.17) is 13.2 Å². The molecule has 0 atom stereocenters. The maximum Gasteiger partial charge on any atom is 0.149 e. The summed E-state index contributed by atoms with van der Waals surface area (Å²) in [6, 6.07) is 38.5. The number of phenolic OH excluding ortho intramolecular Hbond substituents is 1. The molecule has 1 N–H and O–H groups in total. The van der Waals surface area contributed by atoms with Crippen molar-refractivity contribution < 1.29 is 14.7 Å². The molecule has 0 unspecified atom stereocenters. The number of aryl methyl sites for hydroxylation is 1. The molecule has 0 aliphatic carbocycles.